The summed E-state index contributed by atoms with van der Waals surface area (Å²) in [7, 11) is 0. The van der Waals surface area contributed by atoms with Crippen molar-refractivity contribution in [3.05, 3.63) is 34.9 Å². The maximum absolute atomic E-state index is 11.3. The van der Waals surface area contributed by atoms with E-state index in [-0.39, 0.29) is 11.6 Å². The van der Waals surface area contributed by atoms with Gasteiger partial charge in [-0.05, 0) is 67.1 Å². The quantitative estimate of drug-likeness (QED) is 0.882. The number of aliphatic hydroxyl groups is 1. The lowest BCUT2D eigenvalue weighted by Gasteiger charge is -2.25. The molecule has 1 aromatic rings. The fraction of sp³-hybridized carbons (Fsp3) is 0.611. The minimum absolute atomic E-state index is 0.125. The van der Waals surface area contributed by atoms with Gasteiger partial charge in [0.15, 0.2) is 0 Å². The Morgan fingerprint density at radius 3 is 3.00 bits per heavy atom. The number of rotatable bonds is 2. The molecule has 1 saturated carbocycles. The summed E-state index contributed by atoms with van der Waals surface area (Å²) in [5.41, 5.74) is 4.13. The van der Waals surface area contributed by atoms with Crippen LogP contribution in [-0.4, -0.2) is 30.0 Å². The van der Waals surface area contributed by atoms with Crippen LogP contribution in [0.15, 0.2) is 18.2 Å². The van der Waals surface area contributed by atoms with Crippen molar-refractivity contribution in [2.24, 2.45) is 5.92 Å². The van der Waals surface area contributed by atoms with E-state index in [1.165, 1.54) is 16.7 Å². The molecule has 1 saturated heterocycles. The molecular weight excluding hydrogens is 278 g/mol. The van der Waals surface area contributed by atoms with E-state index in [1.807, 2.05) is 0 Å². The molecule has 1 unspecified atom stereocenters. The molecule has 2 fully saturated rings. The van der Waals surface area contributed by atoms with E-state index in [4.69, 9.17) is 4.74 Å². The SMILES string of the molecule is O=C1N[C@@]2(CC[C@@H](c3ccc4c(c3)CCC(CO)C4)C2)CO1. The van der Waals surface area contributed by atoms with Gasteiger partial charge in [0.25, 0.3) is 0 Å². The van der Waals surface area contributed by atoms with Gasteiger partial charge in [-0.1, -0.05) is 18.2 Å². The van der Waals surface area contributed by atoms with Crippen molar-refractivity contribution >= 4 is 6.09 Å². The number of nitrogens with one attached hydrogen (secondary N) is 1. The fourth-order valence-electron chi connectivity index (χ4n) is 4.41. The Labute approximate surface area is 130 Å². The maximum Gasteiger partial charge on any atom is 0.407 e. The van der Waals surface area contributed by atoms with Gasteiger partial charge in [-0.15, -0.1) is 0 Å². The van der Waals surface area contributed by atoms with E-state index in [1.54, 1.807) is 0 Å². The average Bonchev–Trinajstić information content (AvgIpc) is 3.13. The van der Waals surface area contributed by atoms with Gasteiger partial charge in [0.2, 0.25) is 0 Å². The van der Waals surface area contributed by atoms with E-state index in [2.05, 4.69) is 23.5 Å². The number of amides is 1. The zero-order valence-electron chi connectivity index (χ0n) is 12.8. The lowest BCUT2D eigenvalue weighted by molar-refractivity contribution is 0.172. The summed E-state index contributed by atoms with van der Waals surface area (Å²) >= 11 is 0. The Morgan fingerprint density at radius 2 is 2.23 bits per heavy atom. The average molecular weight is 301 g/mol. The molecule has 118 valence electrons. The molecule has 0 bridgehead atoms. The van der Waals surface area contributed by atoms with E-state index in [0.717, 1.165) is 38.5 Å². The third kappa shape index (κ3) is 2.39. The Morgan fingerprint density at radius 1 is 1.32 bits per heavy atom. The zero-order chi connectivity index (χ0) is 15.2. The summed E-state index contributed by atoms with van der Waals surface area (Å²) < 4.78 is 5.12. The van der Waals surface area contributed by atoms with Crippen molar-refractivity contribution in [3.8, 4) is 0 Å². The van der Waals surface area contributed by atoms with Crippen LogP contribution in [0.4, 0.5) is 4.79 Å². The molecule has 4 rings (SSSR count). The van der Waals surface area contributed by atoms with Gasteiger partial charge in [0.1, 0.15) is 6.61 Å². The summed E-state index contributed by atoms with van der Waals surface area (Å²) in [6, 6.07) is 6.87. The number of hydrogen-bond donors (Lipinski definition) is 2. The van der Waals surface area contributed by atoms with Crippen LogP contribution in [-0.2, 0) is 17.6 Å². The summed E-state index contributed by atoms with van der Waals surface area (Å²) in [6.45, 7) is 0.817. The molecule has 1 spiro atoms. The minimum atomic E-state index is -0.263. The molecular formula is C18H23NO3. The number of hydrogen-bond acceptors (Lipinski definition) is 3. The molecule has 2 aliphatic carbocycles. The molecule has 3 atom stereocenters. The normalized spacial score (nSPS) is 33.6. The Balaban J connectivity index is 1.51. The van der Waals surface area contributed by atoms with Crippen LogP contribution < -0.4 is 5.32 Å². The molecule has 4 heteroatoms. The first-order valence-electron chi connectivity index (χ1n) is 8.35. The third-order valence-electron chi connectivity index (χ3n) is 5.75. The molecule has 1 aliphatic heterocycles. The minimum Gasteiger partial charge on any atom is -0.447 e. The van der Waals surface area contributed by atoms with E-state index in [9.17, 15) is 9.90 Å². The number of aryl methyl sites for hydroxylation is 1. The third-order valence-corrected chi connectivity index (χ3v) is 5.75. The molecule has 4 nitrogen and oxygen atoms in total. The van der Waals surface area contributed by atoms with Crippen LogP contribution in [0.1, 0.15) is 48.3 Å². The monoisotopic (exact) mass is 301 g/mol. The largest absolute Gasteiger partial charge is 0.447 e. The molecule has 1 amide bonds. The van der Waals surface area contributed by atoms with Crippen molar-refractivity contribution in [3.63, 3.8) is 0 Å². The van der Waals surface area contributed by atoms with Crippen molar-refractivity contribution in [2.45, 2.75) is 50.0 Å². The predicted molar refractivity (Wildman–Crippen MR) is 82.8 cm³/mol. The van der Waals surface area contributed by atoms with Crippen LogP contribution >= 0.6 is 0 Å². The number of alkyl carbamates (subject to hydrolysis) is 1. The number of aliphatic hydroxyl groups excluding tert-OH is 1. The topological polar surface area (TPSA) is 58.6 Å². The molecule has 3 aliphatic rings. The number of ether oxygens (including phenoxy) is 1. The first-order chi connectivity index (χ1) is 10.7. The summed E-state index contributed by atoms with van der Waals surface area (Å²) in [5.74, 6) is 0.946. The van der Waals surface area contributed by atoms with Crippen LogP contribution in [0.3, 0.4) is 0 Å². The van der Waals surface area contributed by atoms with Crippen LogP contribution in [0.25, 0.3) is 0 Å². The van der Waals surface area contributed by atoms with E-state index >= 15 is 0 Å². The Bertz CT molecular complexity index is 600. The van der Waals surface area contributed by atoms with E-state index < -0.39 is 0 Å². The summed E-state index contributed by atoms with van der Waals surface area (Å²) in [5, 5.41) is 12.4. The number of cyclic esters (lactones) is 1. The van der Waals surface area contributed by atoms with Gasteiger partial charge in [0, 0.05) is 6.61 Å². The first kappa shape index (κ1) is 14.1. The van der Waals surface area contributed by atoms with Gasteiger partial charge in [-0.2, -0.15) is 0 Å². The van der Waals surface area contributed by atoms with Crippen LogP contribution in [0.2, 0.25) is 0 Å². The molecule has 1 heterocycles. The second kappa shape index (κ2) is 5.27. The molecule has 2 N–H and O–H groups in total. The van der Waals surface area contributed by atoms with Crippen LogP contribution in [0.5, 0.6) is 0 Å². The van der Waals surface area contributed by atoms with Crippen molar-refractivity contribution in [2.75, 3.05) is 13.2 Å². The van der Waals surface area contributed by atoms with Gasteiger partial charge >= 0.3 is 6.09 Å². The Kier molecular flexibility index (Phi) is 3.37. The Hall–Kier alpha value is -1.55. The van der Waals surface area contributed by atoms with Crippen molar-refractivity contribution < 1.29 is 14.6 Å². The number of carbonyl (C=O) groups excluding carboxylic acids is 1. The molecule has 22 heavy (non-hydrogen) atoms. The first-order valence-corrected chi connectivity index (χ1v) is 8.35. The maximum atomic E-state index is 11.3. The zero-order valence-corrected chi connectivity index (χ0v) is 12.8. The summed E-state index contributed by atoms with van der Waals surface area (Å²) in [6.07, 6.45) is 6.01. The second-order valence-corrected chi connectivity index (χ2v) is 7.24. The predicted octanol–water partition coefficient (Wildman–Crippen LogP) is 2.53. The highest BCUT2D eigenvalue weighted by Gasteiger charge is 2.46. The van der Waals surface area contributed by atoms with E-state index in [0.29, 0.717) is 25.0 Å². The number of benzene rings is 1. The van der Waals surface area contributed by atoms with Gasteiger partial charge in [-0.3, -0.25) is 0 Å². The van der Waals surface area contributed by atoms with Gasteiger partial charge < -0.3 is 15.2 Å². The van der Waals surface area contributed by atoms with Crippen LogP contribution in [0, 0.1) is 5.92 Å². The highest BCUT2D eigenvalue weighted by atomic mass is 16.6. The number of carbonyl (C=O) groups is 1. The van der Waals surface area contributed by atoms with Crippen molar-refractivity contribution in [1.29, 1.82) is 0 Å². The highest BCUT2D eigenvalue weighted by Crippen LogP contribution is 2.43. The molecule has 0 aromatic heterocycles. The van der Waals surface area contributed by atoms with Gasteiger partial charge in [0.05, 0.1) is 5.54 Å². The smallest absolute Gasteiger partial charge is 0.407 e. The number of fused-ring (bicyclic) bond motifs is 1. The fourth-order valence-corrected chi connectivity index (χ4v) is 4.41. The summed E-state index contributed by atoms with van der Waals surface area (Å²) in [4.78, 5) is 11.3. The lowest BCUT2D eigenvalue weighted by Crippen LogP contribution is -2.40. The lowest BCUT2D eigenvalue weighted by atomic mass is 9.82. The highest BCUT2D eigenvalue weighted by molar-refractivity contribution is 5.70. The standard InChI is InChI=1S/C18H23NO3/c20-10-12-1-2-14-8-15(4-3-13(14)7-12)16-5-6-18(9-16)11-22-17(21)19-18/h3-4,8,12,16,20H,1-2,5-7,9-11H2,(H,19,21)/t12?,16-,18-/m1/s1. The molecule has 0 radical (unpaired) electrons. The van der Waals surface area contributed by atoms with Gasteiger partial charge in [-0.25, -0.2) is 4.79 Å². The van der Waals surface area contributed by atoms with Crippen molar-refractivity contribution in [1.82, 2.24) is 5.32 Å². The second-order valence-electron chi connectivity index (χ2n) is 7.24. The molecule has 1 aromatic carbocycles.